The molecular weight excluding hydrogens is 306 g/mol. The number of carbonyl (C=O) groups is 1. The number of pyridine rings is 1. The molecule has 0 unspecified atom stereocenters. The molecular formula is C15H16ClN3O3. The van der Waals surface area contributed by atoms with Crippen molar-refractivity contribution in [3.63, 3.8) is 0 Å². The van der Waals surface area contributed by atoms with Crippen LogP contribution in [0.3, 0.4) is 0 Å². The van der Waals surface area contributed by atoms with E-state index < -0.39 is 0 Å². The van der Waals surface area contributed by atoms with Crippen LogP contribution in [0.5, 0.6) is 0 Å². The van der Waals surface area contributed by atoms with Crippen molar-refractivity contribution < 1.29 is 13.9 Å². The highest BCUT2D eigenvalue weighted by Crippen LogP contribution is 2.15. The first-order valence-corrected chi connectivity index (χ1v) is 7.41. The van der Waals surface area contributed by atoms with E-state index in [1.807, 2.05) is 12.1 Å². The quantitative estimate of drug-likeness (QED) is 0.934. The number of carbonyl (C=O) groups excluding carboxylic acids is 1. The lowest BCUT2D eigenvalue weighted by Gasteiger charge is -2.28. The molecule has 1 aliphatic heterocycles. The lowest BCUT2D eigenvalue weighted by molar-refractivity contribution is 0.0923. The molecule has 3 rings (SSSR count). The van der Waals surface area contributed by atoms with Crippen molar-refractivity contribution in [2.75, 3.05) is 31.2 Å². The van der Waals surface area contributed by atoms with Gasteiger partial charge in [-0.15, -0.1) is 0 Å². The van der Waals surface area contributed by atoms with Gasteiger partial charge in [-0.1, -0.05) is 0 Å². The van der Waals surface area contributed by atoms with E-state index in [1.165, 1.54) is 0 Å². The number of ether oxygens (including phenoxy) is 1. The minimum Gasteiger partial charge on any atom is -0.440 e. The summed E-state index contributed by atoms with van der Waals surface area (Å²) in [6, 6.07) is 6.93. The number of hydrogen-bond acceptors (Lipinski definition) is 5. The Bertz CT molecular complexity index is 653. The van der Waals surface area contributed by atoms with E-state index in [0.29, 0.717) is 19.8 Å². The molecule has 0 radical (unpaired) electrons. The van der Waals surface area contributed by atoms with Crippen LogP contribution in [0.1, 0.15) is 16.1 Å². The maximum Gasteiger partial charge on any atom is 0.287 e. The number of nitrogens with zero attached hydrogens (tertiary/aromatic N) is 2. The first-order chi connectivity index (χ1) is 10.7. The Balaban J connectivity index is 1.61. The SMILES string of the molecule is O=C(NCc1ccnc(N2CCOCC2)c1)c1ccc(Cl)o1. The van der Waals surface area contributed by atoms with E-state index in [4.69, 9.17) is 20.8 Å². The predicted octanol–water partition coefficient (Wildman–Crippen LogP) is 2.09. The molecule has 0 atom stereocenters. The van der Waals surface area contributed by atoms with Crippen LogP contribution in [0.2, 0.25) is 5.22 Å². The number of morpholine rings is 1. The molecule has 3 heterocycles. The van der Waals surface area contributed by atoms with Gasteiger partial charge in [0.15, 0.2) is 11.0 Å². The summed E-state index contributed by atoms with van der Waals surface area (Å²) in [6.07, 6.45) is 1.75. The third-order valence-corrected chi connectivity index (χ3v) is 3.60. The van der Waals surface area contributed by atoms with Crippen molar-refractivity contribution in [1.29, 1.82) is 0 Å². The van der Waals surface area contributed by atoms with Crippen LogP contribution in [0.4, 0.5) is 5.82 Å². The highest BCUT2D eigenvalue weighted by Gasteiger charge is 2.13. The third kappa shape index (κ3) is 3.58. The second-order valence-corrected chi connectivity index (χ2v) is 5.28. The molecule has 0 saturated carbocycles. The number of halogens is 1. The van der Waals surface area contributed by atoms with E-state index in [2.05, 4.69) is 15.2 Å². The molecule has 1 saturated heterocycles. The molecule has 6 nitrogen and oxygen atoms in total. The van der Waals surface area contributed by atoms with Crippen molar-refractivity contribution in [2.45, 2.75) is 6.54 Å². The normalized spacial score (nSPS) is 14.9. The van der Waals surface area contributed by atoms with E-state index in [-0.39, 0.29) is 16.9 Å². The molecule has 1 N–H and O–H groups in total. The zero-order valence-electron chi connectivity index (χ0n) is 11.9. The molecule has 0 bridgehead atoms. The van der Waals surface area contributed by atoms with Crippen LogP contribution in [0, 0.1) is 0 Å². The fourth-order valence-electron chi connectivity index (χ4n) is 2.24. The Morgan fingerprint density at radius 3 is 2.86 bits per heavy atom. The van der Waals surface area contributed by atoms with Crippen molar-refractivity contribution in [3.8, 4) is 0 Å². The van der Waals surface area contributed by atoms with Gasteiger partial charge in [-0.25, -0.2) is 4.98 Å². The van der Waals surface area contributed by atoms with Gasteiger partial charge in [0.05, 0.1) is 13.2 Å². The summed E-state index contributed by atoms with van der Waals surface area (Å²) in [5.41, 5.74) is 0.975. The van der Waals surface area contributed by atoms with Crippen LogP contribution in [0.25, 0.3) is 0 Å². The van der Waals surface area contributed by atoms with E-state index >= 15 is 0 Å². The highest BCUT2D eigenvalue weighted by atomic mass is 35.5. The minimum atomic E-state index is -0.295. The standard InChI is InChI=1S/C15H16ClN3O3/c16-13-2-1-12(22-13)15(20)18-10-11-3-4-17-14(9-11)19-5-7-21-8-6-19/h1-4,9H,5-8,10H2,(H,18,20). The Morgan fingerprint density at radius 2 is 2.14 bits per heavy atom. The first kappa shape index (κ1) is 14.9. The third-order valence-electron chi connectivity index (χ3n) is 3.40. The van der Waals surface area contributed by atoms with E-state index in [0.717, 1.165) is 24.5 Å². The van der Waals surface area contributed by atoms with Crippen LogP contribution in [0.15, 0.2) is 34.9 Å². The fraction of sp³-hybridized carbons (Fsp3) is 0.333. The number of amides is 1. The van der Waals surface area contributed by atoms with Crippen LogP contribution >= 0.6 is 11.6 Å². The highest BCUT2D eigenvalue weighted by molar-refractivity contribution is 6.29. The maximum absolute atomic E-state index is 11.9. The lowest BCUT2D eigenvalue weighted by atomic mass is 10.2. The van der Waals surface area contributed by atoms with Gasteiger partial charge in [-0.05, 0) is 41.4 Å². The first-order valence-electron chi connectivity index (χ1n) is 7.03. The van der Waals surface area contributed by atoms with E-state index in [1.54, 1.807) is 18.3 Å². The van der Waals surface area contributed by atoms with Crippen molar-refractivity contribution in [1.82, 2.24) is 10.3 Å². The maximum atomic E-state index is 11.9. The van der Waals surface area contributed by atoms with Gasteiger partial charge in [0.1, 0.15) is 5.82 Å². The summed E-state index contributed by atoms with van der Waals surface area (Å²) >= 11 is 5.66. The number of anilines is 1. The molecule has 116 valence electrons. The smallest absolute Gasteiger partial charge is 0.287 e. The summed E-state index contributed by atoms with van der Waals surface area (Å²) in [6.45, 7) is 3.47. The number of nitrogens with one attached hydrogen (secondary N) is 1. The summed E-state index contributed by atoms with van der Waals surface area (Å²) in [5, 5.41) is 2.99. The summed E-state index contributed by atoms with van der Waals surface area (Å²) in [7, 11) is 0. The molecule has 1 amide bonds. The summed E-state index contributed by atoms with van der Waals surface area (Å²) in [5.74, 6) is 0.806. The molecule has 2 aromatic rings. The zero-order valence-corrected chi connectivity index (χ0v) is 12.7. The number of furan rings is 1. The van der Waals surface area contributed by atoms with Gasteiger partial charge in [0.2, 0.25) is 0 Å². The van der Waals surface area contributed by atoms with Crippen molar-refractivity contribution >= 4 is 23.3 Å². The zero-order chi connectivity index (χ0) is 15.4. The van der Waals surface area contributed by atoms with Gasteiger partial charge in [-0.3, -0.25) is 4.79 Å². The topological polar surface area (TPSA) is 67.6 Å². The second kappa shape index (κ2) is 6.81. The average Bonchev–Trinajstić information content (AvgIpc) is 3.00. The molecule has 0 aromatic carbocycles. The largest absolute Gasteiger partial charge is 0.440 e. The Hall–Kier alpha value is -2.05. The Morgan fingerprint density at radius 1 is 1.32 bits per heavy atom. The molecule has 22 heavy (non-hydrogen) atoms. The second-order valence-electron chi connectivity index (χ2n) is 4.91. The Kier molecular flexibility index (Phi) is 4.60. The van der Waals surface area contributed by atoms with Crippen LogP contribution in [-0.4, -0.2) is 37.2 Å². The van der Waals surface area contributed by atoms with Crippen molar-refractivity contribution in [2.24, 2.45) is 0 Å². The van der Waals surface area contributed by atoms with Gasteiger partial charge in [0.25, 0.3) is 5.91 Å². The fourth-order valence-corrected chi connectivity index (χ4v) is 2.39. The van der Waals surface area contributed by atoms with Gasteiger partial charge < -0.3 is 19.4 Å². The summed E-state index contributed by atoms with van der Waals surface area (Å²) in [4.78, 5) is 18.5. The molecule has 2 aromatic heterocycles. The monoisotopic (exact) mass is 321 g/mol. The molecule has 1 fully saturated rings. The van der Waals surface area contributed by atoms with E-state index in [9.17, 15) is 4.79 Å². The summed E-state index contributed by atoms with van der Waals surface area (Å²) < 4.78 is 10.4. The van der Waals surface area contributed by atoms with Gasteiger partial charge >= 0.3 is 0 Å². The number of aromatic nitrogens is 1. The number of hydrogen-bond donors (Lipinski definition) is 1. The lowest BCUT2D eigenvalue weighted by Crippen LogP contribution is -2.36. The molecule has 7 heteroatoms. The van der Waals surface area contributed by atoms with Gasteiger partial charge in [-0.2, -0.15) is 0 Å². The molecule has 1 aliphatic rings. The number of rotatable bonds is 4. The van der Waals surface area contributed by atoms with Crippen molar-refractivity contribution in [3.05, 3.63) is 47.0 Å². The predicted molar refractivity (Wildman–Crippen MR) is 82.2 cm³/mol. The Labute approximate surface area is 133 Å². The molecule has 0 spiro atoms. The molecule has 0 aliphatic carbocycles. The minimum absolute atomic E-state index is 0.198. The van der Waals surface area contributed by atoms with Gasteiger partial charge in [0, 0.05) is 25.8 Å². The van der Waals surface area contributed by atoms with Crippen LogP contribution < -0.4 is 10.2 Å². The average molecular weight is 322 g/mol. The van der Waals surface area contributed by atoms with Crippen LogP contribution in [-0.2, 0) is 11.3 Å².